The van der Waals surface area contributed by atoms with Crippen molar-refractivity contribution in [1.82, 2.24) is 10.3 Å². The van der Waals surface area contributed by atoms with Crippen molar-refractivity contribution in [2.24, 2.45) is 0 Å². The molecule has 0 aliphatic carbocycles. The predicted octanol–water partition coefficient (Wildman–Crippen LogP) is 3.50. The Morgan fingerprint density at radius 1 is 1.42 bits per heavy atom. The van der Waals surface area contributed by atoms with E-state index < -0.39 is 0 Å². The fraction of sp³-hybridized carbons (Fsp3) is 0.357. The minimum Gasteiger partial charge on any atom is -0.496 e. The highest BCUT2D eigenvalue weighted by Crippen LogP contribution is 2.31. The number of hydrogen-bond donors (Lipinski definition) is 1. The van der Waals surface area contributed by atoms with Gasteiger partial charge in [-0.15, -0.1) is 0 Å². The van der Waals surface area contributed by atoms with Crippen molar-refractivity contribution in [2.75, 3.05) is 13.7 Å². The van der Waals surface area contributed by atoms with Crippen LogP contribution < -0.4 is 10.1 Å². The Labute approximate surface area is 117 Å². The standard InChI is InChI=1S/C14H17ClN2O2/c1-3-6-16-8-11-9-19-14(17-11)12-5-4-10(15)7-13(12)18-2/h4-5,7,9,16H,3,6,8H2,1-2H3. The lowest BCUT2D eigenvalue weighted by Crippen LogP contribution is -2.13. The summed E-state index contributed by atoms with van der Waals surface area (Å²) in [4.78, 5) is 4.44. The third-order valence-electron chi connectivity index (χ3n) is 2.68. The van der Waals surface area contributed by atoms with E-state index in [0.29, 0.717) is 23.2 Å². The Morgan fingerprint density at radius 2 is 2.26 bits per heavy atom. The summed E-state index contributed by atoms with van der Waals surface area (Å²) < 4.78 is 10.8. The topological polar surface area (TPSA) is 47.3 Å². The van der Waals surface area contributed by atoms with Crippen LogP contribution in [-0.2, 0) is 6.54 Å². The van der Waals surface area contributed by atoms with Crippen LogP contribution in [0.3, 0.4) is 0 Å². The number of aromatic nitrogens is 1. The Bertz CT molecular complexity index is 540. The van der Waals surface area contributed by atoms with Gasteiger partial charge in [-0.3, -0.25) is 0 Å². The van der Waals surface area contributed by atoms with Gasteiger partial charge < -0.3 is 14.5 Å². The van der Waals surface area contributed by atoms with Crippen LogP contribution in [-0.4, -0.2) is 18.6 Å². The van der Waals surface area contributed by atoms with Gasteiger partial charge in [0.2, 0.25) is 5.89 Å². The van der Waals surface area contributed by atoms with Crippen LogP contribution in [0.5, 0.6) is 5.75 Å². The first-order valence-corrected chi connectivity index (χ1v) is 6.61. The van der Waals surface area contributed by atoms with Crippen molar-refractivity contribution in [2.45, 2.75) is 19.9 Å². The van der Waals surface area contributed by atoms with Gasteiger partial charge in [0.1, 0.15) is 12.0 Å². The maximum atomic E-state index is 5.93. The molecule has 0 spiro atoms. The molecule has 102 valence electrons. The molecule has 0 radical (unpaired) electrons. The van der Waals surface area contributed by atoms with E-state index >= 15 is 0 Å². The number of nitrogens with one attached hydrogen (secondary N) is 1. The second-order valence-corrected chi connectivity index (χ2v) is 4.60. The molecule has 4 nitrogen and oxygen atoms in total. The van der Waals surface area contributed by atoms with Crippen molar-refractivity contribution in [1.29, 1.82) is 0 Å². The molecule has 1 aromatic heterocycles. The lowest BCUT2D eigenvalue weighted by Gasteiger charge is -2.05. The quantitative estimate of drug-likeness (QED) is 0.823. The monoisotopic (exact) mass is 280 g/mol. The van der Waals surface area contributed by atoms with Crippen LogP contribution in [0.4, 0.5) is 0 Å². The summed E-state index contributed by atoms with van der Waals surface area (Å²) in [7, 11) is 1.60. The number of halogens is 1. The Balaban J connectivity index is 2.18. The first-order valence-electron chi connectivity index (χ1n) is 6.23. The molecule has 2 aromatic rings. The Morgan fingerprint density at radius 3 is 3.00 bits per heavy atom. The fourth-order valence-corrected chi connectivity index (χ4v) is 1.91. The number of nitrogens with zero attached hydrogens (tertiary/aromatic N) is 1. The van der Waals surface area contributed by atoms with E-state index in [1.165, 1.54) is 0 Å². The number of rotatable bonds is 6. The number of hydrogen-bond acceptors (Lipinski definition) is 4. The molecule has 0 saturated carbocycles. The molecule has 19 heavy (non-hydrogen) atoms. The SMILES string of the molecule is CCCNCc1coc(-c2ccc(Cl)cc2OC)n1. The number of benzene rings is 1. The van der Waals surface area contributed by atoms with Gasteiger partial charge in [-0.25, -0.2) is 4.98 Å². The van der Waals surface area contributed by atoms with Crippen molar-refractivity contribution in [3.8, 4) is 17.2 Å². The second kappa shape index (κ2) is 6.59. The molecule has 0 unspecified atom stereocenters. The van der Waals surface area contributed by atoms with Crippen molar-refractivity contribution >= 4 is 11.6 Å². The predicted molar refractivity (Wildman–Crippen MR) is 75.5 cm³/mol. The van der Waals surface area contributed by atoms with Gasteiger partial charge in [0, 0.05) is 11.6 Å². The van der Waals surface area contributed by atoms with Gasteiger partial charge in [0.05, 0.1) is 18.4 Å². The first kappa shape index (κ1) is 13.9. The van der Waals surface area contributed by atoms with Gasteiger partial charge in [0.15, 0.2) is 0 Å². The zero-order valence-corrected chi connectivity index (χ0v) is 11.8. The number of oxazole rings is 1. The lowest BCUT2D eigenvalue weighted by molar-refractivity contribution is 0.414. The number of methoxy groups -OCH3 is 1. The summed E-state index contributed by atoms with van der Waals surface area (Å²) in [6.45, 7) is 3.79. The van der Waals surface area contributed by atoms with Gasteiger partial charge in [-0.05, 0) is 31.2 Å². The molecular weight excluding hydrogens is 264 g/mol. The molecule has 0 atom stereocenters. The molecule has 0 aliphatic heterocycles. The number of ether oxygens (including phenoxy) is 1. The van der Waals surface area contributed by atoms with Crippen molar-refractivity contribution in [3.05, 3.63) is 35.2 Å². The largest absolute Gasteiger partial charge is 0.496 e. The maximum absolute atomic E-state index is 5.93. The van der Waals surface area contributed by atoms with Crippen LogP contribution in [0.2, 0.25) is 5.02 Å². The third-order valence-corrected chi connectivity index (χ3v) is 2.91. The fourth-order valence-electron chi connectivity index (χ4n) is 1.75. The molecule has 5 heteroatoms. The van der Waals surface area contributed by atoms with Crippen LogP contribution in [0.25, 0.3) is 11.5 Å². The zero-order valence-electron chi connectivity index (χ0n) is 11.1. The second-order valence-electron chi connectivity index (χ2n) is 4.17. The molecule has 0 aliphatic rings. The molecule has 0 saturated heterocycles. The maximum Gasteiger partial charge on any atom is 0.229 e. The summed E-state index contributed by atoms with van der Waals surface area (Å²) in [6.07, 6.45) is 2.75. The lowest BCUT2D eigenvalue weighted by atomic mass is 10.2. The summed E-state index contributed by atoms with van der Waals surface area (Å²) >= 11 is 5.93. The van der Waals surface area contributed by atoms with Crippen molar-refractivity contribution < 1.29 is 9.15 Å². The van der Waals surface area contributed by atoms with Crippen molar-refractivity contribution in [3.63, 3.8) is 0 Å². The summed E-state index contributed by atoms with van der Waals surface area (Å²) in [5, 5.41) is 3.90. The minimum atomic E-state index is 0.543. The Kier molecular flexibility index (Phi) is 4.82. The average molecular weight is 281 g/mol. The van der Waals surface area contributed by atoms with Crippen LogP contribution in [0, 0.1) is 0 Å². The van der Waals surface area contributed by atoms with Gasteiger partial charge in [-0.1, -0.05) is 18.5 Å². The molecule has 0 bridgehead atoms. The van der Waals surface area contributed by atoms with E-state index in [-0.39, 0.29) is 0 Å². The highest BCUT2D eigenvalue weighted by atomic mass is 35.5. The van der Waals surface area contributed by atoms with E-state index in [4.69, 9.17) is 20.8 Å². The molecule has 1 N–H and O–H groups in total. The van der Waals surface area contributed by atoms with Crippen LogP contribution in [0.1, 0.15) is 19.0 Å². The van der Waals surface area contributed by atoms with E-state index in [1.807, 2.05) is 6.07 Å². The molecular formula is C14H17ClN2O2. The molecule has 0 amide bonds. The molecule has 2 rings (SSSR count). The zero-order chi connectivity index (χ0) is 13.7. The average Bonchev–Trinajstić information content (AvgIpc) is 2.87. The highest BCUT2D eigenvalue weighted by molar-refractivity contribution is 6.30. The van der Waals surface area contributed by atoms with Crippen LogP contribution in [0.15, 0.2) is 28.9 Å². The summed E-state index contributed by atoms with van der Waals surface area (Å²) in [5.74, 6) is 1.20. The molecule has 1 heterocycles. The normalized spacial score (nSPS) is 10.7. The Hall–Kier alpha value is -1.52. The smallest absolute Gasteiger partial charge is 0.229 e. The van der Waals surface area contributed by atoms with E-state index in [1.54, 1.807) is 25.5 Å². The third kappa shape index (κ3) is 3.49. The summed E-state index contributed by atoms with van der Waals surface area (Å²) in [5.41, 5.74) is 1.68. The summed E-state index contributed by atoms with van der Waals surface area (Å²) in [6, 6.07) is 5.38. The van der Waals surface area contributed by atoms with E-state index in [0.717, 1.165) is 24.2 Å². The van der Waals surface area contributed by atoms with Gasteiger partial charge >= 0.3 is 0 Å². The first-order chi connectivity index (χ1) is 9.24. The van der Waals surface area contributed by atoms with E-state index in [9.17, 15) is 0 Å². The van der Waals surface area contributed by atoms with Crippen LogP contribution >= 0.6 is 11.6 Å². The molecule has 1 aromatic carbocycles. The highest BCUT2D eigenvalue weighted by Gasteiger charge is 2.12. The van der Waals surface area contributed by atoms with Gasteiger partial charge in [-0.2, -0.15) is 0 Å². The minimum absolute atomic E-state index is 0.543. The van der Waals surface area contributed by atoms with Gasteiger partial charge in [0.25, 0.3) is 0 Å². The van der Waals surface area contributed by atoms with E-state index in [2.05, 4.69) is 17.2 Å². The molecule has 0 fully saturated rings.